The summed E-state index contributed by atoms with van der Waals surface area (Å²) in [5.41, 5.74) is 3.05. The standard InChI is InChI=1S/C16H16BrCl2NO/c1-10(11-5-3-7-14(18)16(11)19)20-15-8-4-6-13(17)12(15)9-21-2/h3-8,10,20H,9H2,1-2H3. The Morgan fingerprint density at radius 1 is 1.19 bits per heavy atom. The van der Waals surface area contributed by atoms with E-state index in [4.69, 9.17) is 27.9 Å². The second kappa shape index (κ2) is 7.50. The van der Waals surface area contributed by atoms with E-state index in [0.29, 0.717) is 16.7 Å². The average molecular weight is 389 g/mol. The summed E-state index contributed by atoms with van der Waals surface area (Å²) in [6.07, 6.45) is 0. The maximum absolute atomic E-state index is 6.28. The van der Waals surface area contributed by atoms with Crippen LogP contribution in [0.15, 0.2) is 40.9 Å². The zero-order valence-electron chi connectivity index (χ0n) is 11.8. The molecule has 0 aromatic heterocycles. The summed E-state index contributed by atoms with van der Waals surface area (Å²) in [5.74, 6) is 0. The summed E-state index contributed by atoms with van der Waals surface area (Å²) in [6.45, 7) is 2.58. The van der Waals surface area contributed by atoms with Crippen molar-refractivity contribution >= 4 is 44.8 Å². The van der Waals surface area contributed by atoms with Crippen molar-refractivity contribution in [2.24, 2.45) is 0 Å². The Morgan fingerprint density at radius 2 is 1.90 bits per heavy atom. The fraction of sp³-hybridized carbons (Fsp3) is 0.250. The third-order valence-corrected chi connectivity index (χ3v) is 4.80. The van der Waals surface area contributed by atoms with Gasteiger partial charge in [-0.1, -0.05) is 57.3 Å². The van der Waals surface area contributed by atoms with Crippen LogP contribution in [0.4, 0.5) is 5.69 Å². The number of rotatable bonds is 5. The van der Waals surface area contributed by atoms with E-state index in [2.05, 4.69) is 28.2 Å². The first-order chi connectivity index (χ1) is 10.0. The van der Waals surface area contributed by atoms with Crippen molar-refractivity contribution in [3.05, 3.63) is 62.0 Å². The molecule has 0 amide bonds. The number of methoxy groups -OCH3 is 1. The van der Waals surface area contributed by atoms with Crippen molar-refractivity contribution in [3.8, 4) is 0 Å². The van der Waals surface area contributed by atoms with Crippen LogP contribution in [0.25, 0.3) is 0 Å². The molecule has 1 unspecified atom stereocenters. The molecular formula is C16H16BrCl2NO. The van der Waals surface area contributed by atoms with Gasteiger partial charge in [-0.3, -0.25) is 0 Å². The van der Waals surface area contributed by atoms with Crippen molar-refractivity contribution < 1.29 is 4.74 Å². The Labute approximate surface area is 143 Å². The second-order valence-electron chi connectivity index (χ2n) is 4.71. The monoisotopic (exact) mass is 387 g/mol. The van der Waals surface area contributed by atoms with Crippen LogP contribution in [0.1, 0.15) is 24.1 Å². The van der Waals surface area contributed by atoms with Gasteiger partial charge in [0.1, 0.15) is 0 Å². The van der Waals surface area contributed by atoms with E-state index in [-0.39, 0.29) is 6.04 Å². The number of hydrogen-bond acceptors (Lipinski definition) is 2. The van der Waals surface area contributed by atoms with Crippen LogP contribution < -0.4 is 5.32 Å². The van der Waals surface area contributed by atoms with E-state index in [1.165, 1.54) is 0 Å². The van der Waals surface area contributed by atoms with E-state index in [0.717, 1.165) is 21.3 Å². The van der Waals surface area contributed by atoms with Gasteiger partial charge in [0.2, 0.25) is 0 Å². The average Bonchev–Trinajstić information content (AvgIpc) is 2.45. The first-order valence-electron chi connectivity index (χ1n) is 6.51. The molecule has 2 aromatic rings. The lowest BCUT2D eigenvalue weighted by molar-refractivity contribution is 0.185. The first kappa shape index (κ1) is 16.6. The lowest BCUT2D eigenvalue weighted by atomic mass is 10.1. The SMILES string of the molecule is COCc1c(Br)cccc1NC(C)c1cccc(Cl)c1Cl. The van der Waals surface area contributed by atoms with Crippen molar-refractivity contribution in [2.75, 3.05) is 12.4 Å². The van der Waals surface area contributed by atoms with Crippen molar-refractivity contribution in [3.63, 3.8) is 0 Å². The minimum absolute atomic E-state index is 0.0288. The topological polar surface area (TPSA) is 21.3 Å². The molecule has 0 aliphatic carbocycles. The fourth-order valence-electron chi connectivity index (χ4n) is 2.15. The molecule has 0 saturated carbocycles. The van der Waals surface area contributed by atoms with Crippen LogP contribution in [0.3, 0.4) is 0 Å². The van der Waals surface area contributed by atoms with Gasteiger partial charge in [0, 0.05) is 22.8 Å². The zero-order valence-corrected chi connectivity index (χ0v) is 14.9. The van der Waals surface area contributed by atoms with Gasteiger partial charge in [0.05, 0.1) is 22.7 Å². The number of benzene rings is 2. The van der Waals surface area contributed by atoms with E-state index < -0.39 is 0 Å². The summed E-state index contributed by atoms with van der Waals surface area (Å²) in [4.78, 5) is 0. The molecule has 2 nitrogen and oxygen atoms in total. The van der Waals surface area contributed by atoms with Gasteiger partial charge in [-0.15, -0.1) is 0 Å². The van der Waals surface area contributed by atoms with Crippen molar-refractivity contribution in [2.45, 2.75) is 19.6 Å². The molecule has 0 aliphatic rings. The Morgan fingerprint density at radius 3 is 2.62 bits per heavy atom. The molecule has 0 saturated heterocycles. The van der Waals surface area contributed by atoms with Crippen molar-refractivity contribution in [1.82, 2.24) is 0 Å². The molecule has 1 N–H and O–H groups in total. The molecule has 112 valence electrons. The lowest BCUT2D eigenvalue weighted by Gasteiger charge is -2.20. The summed E-state index contributed by atoms with van der Waals surface area (Å²) < 4.78 is 6.28. The third-order valence-electron chi connectivity index (χ3n) is 3.23. The third kappa shape index (κ3) is 3.92. The van der Waals surface area contributed by atoms with E-state index in [1.807, 2.05) is 30.3 Å². The summed E-state index contributed by atoms with van der Waals surface area (Å²) >= 11 is 15.9. The highest BCUT2D eigenvalue weighted by atomic mass is 79.9. The highest BCUT2D eigenvalue weighted by Gasteiger charge is 2.14. The van der Waals surface area contributed by atoms with Gasteiger partial charge in [-0.25, -0.2) is 0 Å². The van der Waals surface area contributed by atoms with Gasteiger partial charge in [-0.2, -0.15) is 0 Å². The largest absolute Gasteiger partial charge is 0.380 e. The number of ether oxygens (including phenoxy) is 1. The van der Waals surface area contributed by atoms with Crippen LogP contribution in [0.5, 0.6) is 0 Å². The molecule has 1 atom stereocenters. The van der Waals surface area contributed by atoms with Crippen LogP contribution >= 0.6 is 39.1 Å². The molecule has 2 aromatic carbocycles. The quantitative estimate of drug-likeness (QED) is 0.670. The predicted octanol–water partition coefficient (Wildman–Crippen LogP) is 6.08. The highest BCUT2D eigenvalue weighted by Crippen LogP contribution is 2.33. The van der Waals surface area contributed by atoms with Crippen LogP contribution in [-0.2, 0) is 11.3 Å². The second-order valence-corrected chi connectivity index (χ2v) is 6.35. The van der Waals surface area contributed by atoms with Gasteiger partial charge in [-0.05, 0) is 30.7 Å². The van der Waals surface area contributed by atoms with Crippen LogP contribution in [-0.4, -0.2) is 7.11 Å². The summed E-state index contributed by atoms with van der Waals surface area (Å²) in [7, 11) is 1.68. The van der Waals surface area contributed by atoms with Crippen molar-refractivity contribution in [1.29, 1.82) is 0 Å². The minimum atomic E-state index is 0.0288. The smallest absolute Gasteiger partial charge is 0.0744 e. The molecular weight excluding hydrogens is 373 g/mol. The normalized spacial score (nSPS) is 12.2. The molecule has 2 rings (SSSR count). The summed E-state index contributed by atoms with van der Waals surface area (Å²) in [5, 5.41) is 4.62. The van der Waals surface area contributed by atoms with Gasteiger partial charge in [0.15, 0.2) is 0 Å². The molecule has 0 aliphatic heterocycles. The molecule has 5 heteroatoms. The van der Waals surface area contributed by atoms with Crippen LogP contribution in [0, 0.1) is 0 Å². The fourth-order valence-corrected chi connectivity index (χ4v) is 3.10. The Bertz CT molecular complexity index is 634. The molecule has 0 spiro atoms. The van der Waals surface area contributed by atoms with Gasteiger partial charge < -0.3 is 10.1 Å². The van der Waals surface area contributed by atoms with E-state index in [9.17, 15) is 0 Å². The summed E-state index contributed by atoms with van der Waals surface area (Å²) in [6, 6.07) is 11.7. The predicted molar refractivity (Wildman–Crippen MR) is 93.4 cm³/mol. The maximum Gasteiger partial charge on any atom is 0.0744 e. The first-order valence-corrected chi connectivity index (χ1v) is 8.06. The van der Waals surface area contributed by atoms with Gasteiger partial charge >= 0.3 is 0 Å². The zero-order chi connectivity index (χ0) is 15.4. The molecule has 0 heterocycles. The lowest BCUT2D eigenvalue weighted by Crippen LogP contribution is -2.09. The highest BCUT2D eigenvalue weighted by molar-refractivity contribution is 9.10. The Balaban J connectivity index is 2.29. The maximum atomic E-state index is 6.28. The molecule has 0 radical (unpaired) electrons. The molecule has 21 heavy (non-hydrogen) atoms. The Kier molecular flexibility index (Phi) is 5.94. The number of nitrogens with one attached hydrogen (secondary N) is 1. The van der Waals surface area contributed by atoms with E-state index >= 15 is 0 Å². The van der Waals surface area contributed by atoms with Crippen LogP contribution in [0.2, 0.25) is 10.0 Å². The van der Waals surface area contributed by atoms with E-state index in [1.54, 1.807) is 13.2 Å². The number of hydrogen-bond donors (Lipinski definition) is 1. The van der Waals surface area contributed by atoms with Gasteiger partial charge in [0.25, 0.3) is 0 Å². The molecule has 0 bridgehead atoms. The number of halogens is 3. The number of anilines is 1. The minimum Gasteiger partial charge on any atom is -0.380 e. The molecule has 0 fully saturated rings. The Hall–Kier alpha value is -0.740.